The number of methoxy groups -OCH3 is 1. The summed E-state index contributed by atoms with van der Waals surface area (Å²) >= 11 is 0. The number of benzene rings is 3. The Kier molecular flexibility index (Phi) is 5.77. The van der Waals surface area contributed by atoms with Gasteiger partial charge < -0.3 is 9.47 Å². The van der Waals surface area contributed by atoms with E-state index in [2.05, 4.69) is 4.98 Å². The van der Waals surface area contributed by atoms with Crippen molar-refractivity contribution in [1.82, 2.24) is 8.96 Å². The molecule has 6 nitrogen and oxygen atoms in total. The summed E-state index contributed by atoms with van der Waals surface area (Å²) in [6, 6.07) is 21.8. The second kappa shape index (κ2) is 8.65. The minimum absolute atomic E-state index is 0.201. The van der Waals surface area contributed by atoms with Crippen molar-refractivity contribution >= 4 is 10.0 Å². The average molecular weight is 435 g/mol. The molecule has 0 saturated carbocycles. The maximum atomic E-state index is 13.1. The largest absolute Gasteiger partial charge is 0.493 e. The standard InChI is InChI=1S/C24H22N2O4S/c1-18-8-11-21(12-9-18)31(27,28)26-15-14-25-24(26)20-10-13-22(23(16-20)29-2)30-17-19-6-4-3-5-7-19/h3-16H,17H2,1-2H3. The molecule has 0 fully saturated rings. The molecular formula is C24H22N2O4S. The Balaban J connectivity index is 1.65. The fourth-order valence-electron chi connectivity index (χ4n) is 3.17. The van der Waals surface area contributed by atoms with Crippen LogP contribution in [0.3, 0.4) is 0 Å². The van der Waals surface area contributed by atoms with E-state index in [-0.39, 0.29) is 4.90 Å². The molecule has 0 aliphatic rings. The van der Waals surface area contributed by atoms with Gasteiger partial charge in [-0.15, -0.1) is 0 Å². The first-order valence-corrected chi connectivity index (χ1v) is 11.1. The lowest BCUT2D eigenvalue weighted by Crippen LogP contribution is -2.13. The molecule has 0 unspecified atom stereocenters. The quantitative estimate of drug-likeness (QED) is 0.422. The van der Waals surface area contributed by atoms with E-state index in [9.17, 15) is 8.42 Å². The molecular weight excluding hydrogens is 412 g/mol. The van der Waals surface area contributed by atoms with Gasteiger partial charge in [0, 0.05) is 18.0 Å². The highest BCUT2D eigenvalue weighted by Gasteiger charge is 2.22. The van der Waals surface area contributed by atoms with Crippen LogP contribution in [0.5, 0.6) is 11.5 Å². The van der Waals surface area contributed by atoms with Crippen LogP contribution in [-0.4, -0.2) is 24.5 Å². The third-order valence-electron chi connectivity index (χ3n) is 4.84. The van der Waals surface area contributed by atoms with Crippen LogP contribution in [0.1, 0.15) is 11.1 Å². The molecule has 0 bridgehead atoms. The molecule has 158 valence electrons. The Hall–Kier alpha value is -3.58. The number of rotatable bonds is 7. The van der Waals surface area contributed by atoms with Crippen LogP contribution in [0.4, 0.5) is 0 Å². The maximum Gasteiger partial charge on any atom is 0.269 e. The van der Waals surface area contributed by atoms with Crippen molar-refractivity contribution in [3.05, 3.63) is 96.3 Å². The van der Waals surface area contributed by atoms with E-state index in [1.807, 2.05) is 37.3 Å². The molecule has 0 N–H and O–H groups in total. The van der Waals surface area contributed by atoms with Gasteiger partial charge in [-0.1, -0.05) is 48.0 Å². The summed E-state index contributed by atoms with van der Waals surface area (Å²) < 4.78 is 38.9. The van der Waals surface area contributed by atoms with Crippen molar-refractivity contribution in [1.29, 1.82) is 0 Å². The van der Waals surface area contributed by atoms with Crippen LogP contribution < -0.4 is 9.47 Å². The smallest absolute Gasteiger partial charge is 0.269 e. The van der Waals surface area contributed by atoms with E-state index in [0.29, 0.717) is 29.5 Å². The number of hydrogen-bond donors (Lipinski definition) is 0. The summed E-state index contributed by atoms with van der Waals surface area (Å²) in [7, 11) is -2.24. The normalized spacial score (nSPS) is 11.3. The van der Waals surface area contributed by atoms with E-state index in [1.165, 1.54) is 16.4 Å². The van der Waals surface area contributed by atoms with Gasteiger partial charge in [0.25, 0.3) is 10.0 Å². The number of aryl methyl sites for hydroxylation is 1. The summed E-state index contributed by atoms with van der Waals surface area (Å²) in [4.78, 5) is 4.48. The zero-order valence-corrected chi connectivity index (χ0v) is 18.0. The minimum Gasteiger partial charge on any atom is -0.493 e. The Bertz CT molecular complexity index is 1280. The van der Waals surface area contributed by atoms with Gasteiger partial charge in [-0.3, -0.25) is 0 Å². The molecule has 3 aromatic carbocycles. The van der Waals surface area contributed by atoms with Gasteiger partial charge in [0.15, 0.2) is 17.3 Å². The predicted molar refractivity (Wildman–Crippen MR) is 119 cm³/mol. The first kappa shape index (κ1) is 20.7. The van der Waals surface area contributed by atoms with Crippen molar-refractivity contribution in [2.24, 2.45) is 0 Å². The second-order valence-electron chi connectivity index (χ2n) is 7.00. The van der Waals surface area contributed by atoms with E-state index in [0.717, 1.165) is 11.1 Å². The first-order chi connectivity index (χ1) is 15.0. The molecule has 0 aliphatic carbocycles. The Morgan fingerprint density at radius 2 is 1.68 bits per heavy atom. The maximum absolute atomic E-state index is 13.1. The topological polar surface area (TPSA) is 70.4 Å². The van der Waals surface area contributed by atoms with E-state index < -0.39 is 10.0 Å². The van der Waals surface area contributed by atoms with Crippen molar-refractivity contribution in [2.75, 3.05) is 7.11 Å². The van der Waals surface area contributed by atoms with Crippen molar-refractivity contribution < 1.29 is 17.9 Å². The number of nitrogens with zero attached hydrogens (tertiary/aromatic N) is 2. The zero-order chi connectivity index (χ0) is 21.8. The van der Waals surface area contributed by atoms with Gasteiger partial charge in [0.1, 0.15) is 6.61 Å². The van der Waals surface area contributed by atoms with Crippen LogP contribution in [-0.2, 0) is 16.6 Å². The number of hydrogen-bond acceptors (Lipinski definition) is 5. The second-order valence-corrected chi connectivity index (χ2v) is 8.82. The summed E-state index contributed by atoms with van der Waals surface area (Å²) in [6.45, 7) is 2.31. The lowest BCUT2D eigenvalue weighted by Gasteiger charge is -2.13. The fraction of sp³-hybridized carbons (Fsp3) is 0.125. The van der Waals surface area contributed by atoms with Crippen LogP contribution in [0.15, 0.2) is 90.1 Å². The zero-order valence-electron chi connectivity index (χ0n) is 17.2. The highest BCUT2D eigenvalue weighted by Crippen LogP contribution is 2.33. The average Bonchev–Trinajstić information content (AvgIpc) is 3.29. The van der Waals surface area contributed by atoms with Crippen LogP contribution >= 0.6 is 0 Å². The highest BCUT2D eigenvalue weighted by atomic mass is 32.2. The lowest BCUT2D eigenvalue weighted by atomic mass is 10.2. The monoisotopic (exact) mass is 434 g/mol. The SMILES string of the molecule is COc1cc(-c2nccn2S(=O)(=O)c2ccc(C)cc2)ccc1OCc1ccccc1. The van der Waals surface area contributed by atoms with Crippen molar-refractivity contribution in [2.45, 2.75) is 18.4 Å². The van der Waals surface area contributed by atoms with Crippen molar-refractivity contribution in [3.8, 4) is 22.9 Å². The van der Waals surface area contributed by atoms with Crippen molar-refractivity contribution in [3.63, 3.8) is 0 Å². The Morgan fingerprint density at radius 3 is 2.39 bits per heavy atom. The fourth-order valence-corrected chi connectivity index (χ4v) is 4.47. The van der Waals surface area contributed by atoms with Crippen LogP contribution in [0, 0.1) is 6.92 Å². The lowest BCUT2D eigenvalue weighted by molar-refractivity contribution is 0.284. The third-order valence-corrected chi connectivity index (χ3v) is 6.52. The van der Waals surface area contributed by atoms with E-state index in [1.54, 1.807) is 49.6 Å². The van der Waals surface area contributed by atoms with Gasteiger partial charge in [-0.05, 0) is 42.8 Å². The van der Waals surface area contributed by atoms with Gasteiger partial charge in [0.05, 0.1) is 12.0 Å². The van der Waals surface area contributed by atoms with Crippen LogP contribution in [0.25, 0.3) is 11.4 Å². The summed E-state index contributed by atoms with van der Waals surface area (Å²) in [5.74, 6) is 1.36. The molecule has 4 rings (SSSR count). The van der Waals surface area contributed by atoms with Gasteiger partial charge in [0.2, 0.25) is 0 Å². The molecule has 0 radical (unpaired) electrons. The Labute approximate surface area is 181 Å². The van der Waals surface area contributed by atoms with Gasteiger partial charge in [-0.25, -0.2) is 17.4 Å². The molecule has 1 heterocycles. The third kappa shape index (κ3) is 4.32. The summed E-state index contributed by atoms with van der Waals surface area (Å²) in [5, 5.41) is 0. The van der Waals surface area contributed by atoms with Gasteiger partial charge in [-0.2, -0.15) is 0 Å². The number of ether oxygens (including phenoxy) is 2. The number of aromatic nitrogens is 2. The molecule has 7 heteroatoms. The van der Waals surface area contributed by atoms with E-state index >= 15 is 0 Å². The minimum atomic E-state index is -3.79. The molecule has 4 aromatic rings. The molecule has 0 spiro atoms. The predicted octanol–water partition coefficient (Wildman–Crippen LogP) is 4.68. The molecule has 0 amide bonds. The highest BCUT2D eigenvalue weighted by molar-refractivity contribution is 7.90. The summed E-state index contributed by atoms with van der Waals surface area (Å²) in [5.41, 5.74) is 2.62. The van der Waals surface area contributed by atoms with Crippen LogP contribution in [0.2, 0.25) is 0 Å². The molecule has 1 aromatic heterocycles. The Morgan fingerprint density at radius 1 is 0.935 bits per heavy atom. The molecule has 0 saturated heterocycles. The van der Waals surface area contributed by atoms with Gasteiger partial charge >= 0.3 is 0 Å². The van der Waals surface area contributed by atoms with E-state index in [4.69, 9.17) is 9.47 Å². The molecule has 0 aliphatic heterocycles. The first-order valence-electron chi connectivity index (χ1n) is 9.70. The molecule has 0 atom stereocenters. The number of imidazole rings is 1. The molecule has 31 heavy (non-hydrogen) atoms. The summed E-state index contributed by atoms with van der Waals surface area (Å²) in [6.07, 6.45) is 2.91.